The van der Waals surface area contributed by atoms with Crippen molar-refractivity contribution in [2.24, 2.45) is 0 Å². The maximum atomic E-state index is 13.6. The minimum Gasteiger partial charge on any atom is -0.453 e. The molecule has 0 aliphatic carbocycles. The normalized spacial score (nSPS) is 10.3. The Morgan fingerprint density at radius 3 is 2.56 bits per heavy atom. The molecule has 0 atom stereocenters. The largest absolute Gasteiger partial charge is 0.453 e. The average Bonchev–Trinajstić information content (AvgIpc) is 2.76. The summed E-state index contributed by atoms with van der Waals surface area (Å²) in [6.45, 7) is 0. The lowest BCUT2D eigenvalue weighted by molar-refractivity contribution is -0.384. The zero-order valence-electron chi connectivity index (χ0n) is 8.72. The van der Waals surface area contributed by atoms with Crippen molar-refractivity contribution in [3.63, 3.8) is 0 Å². The summed E-state index contributed by atoms with van der Waals surface area (Å²) >= 11 is 0. The molecule has 0 unspecified atom stereocenters. The van der Waals surface area contributed by atoms with Crippen LogP contribution in [0.4, 0.5) is 14.5 Å². The average molecular weight is 253 g/mol. The minimum absolute atomic E-state index is 0.108. The van der Waals surface area contributed by atoms with Crippen LogP contribution in [0.15, 0.2) is 28.7 Å². The number of rotatable bonds is 3. The highest BCUT2D eigenvalue weighted by molar-refractivity contribution is 5.75. The van der Waals surface area contributed by atoms with Gasteiger partial charge in [-0.15, -0.1) is 0 Å². The fraction of sp³-hybridized carbons (Fsp3) is 0. The molecule has 0 bridgehead atoms. The fourth-order valence-electron chi connectivity index (χ4n) is 1.50. The third-order valence-electron chi connectivity index (χ3n) is 2.22. The zero-order valence-corrected chi connectivity index (χ0v) is 8.72. The molecule has 1 aromatic heterocycles. The fourth-order valence-corrected chi connectivity index (χ4v) is 1.50. The first-order chi connectivity index (χ1) is 8.52. The number of nitro benzene ring substituents is 1. The highest BCUT2D eigenvalue weighted by atomic mass is 19.1. The van der Waals surface area contributed by atoms with Gasteiger partial charge in [0.1, 0.15) is 23.0 Å². The first kappa shape index (κ1) is 11.9. The van der Waals surface area contributed by atoms with Crippen molar-refractivity contribution in [2.45, 2.75) is 0 Å². The predicted molar refractivity (Wildman–Crippen MR) is 56.1 cm³/mol. The van der Waals surface area contributed by atoms with Gasteiger partial charge in [-0.25, -0.2) is 8.78 Å². The van der Waals surface area contributed by atoms with Crippen molar-refractivity contribution in [1.82, 2.24) is 0 Å². The molecule has 0 amide bonds. The lowest BCUT2D eigenvalue weighted by Gasteiger charge is -2.01. The molecule has 0 saturated carbocycles. The number of benzene rings is 1. The number of halogens is 2. The third kappa shape index (κ3) is 1.97. The van der Waals surface area contributed by atoms with Gasteiger partial charge in [0, 0.05) is 6.07 Å². The van der Waals surface area contributed by atoms with Crippen LogP contribution >= 0.6 is 0 Å². The van der Waals surface area contributed by atoms with Gasteiger partial charge in [-0.1, -0.05) is 0 Å². The molecule has 0 fully saturated rings. The lowest BCUT2D eigenvalue weighted by atomic mass is 10.1. The number of carbonyl (C=O) groups is 1. The molecule has 2 aromatic rings. The number of aldehydes is 1. The molecule has 1 aromatic carbocycles. The molecule has 0 radical (unpaired) electrons. The van der Waals surface area contributed by atoms with E-state index in [0.29, 0.717) is 18.4 Å². The van der Waals surface area contributed by atoms with Crippen LogP contribution in [0.25, 0.3) is 11.3 Å². The molecule has 92 valence electrons. The molecule has 2 rings (SSSR count). The van der Waals surface area contributed by atoms with Crippen LogP contribution in [0.5, 0.6) is 0 Å². The summed E-state index contributed by atoms with van der Waals surface area (Å²) in [4.78, 5) is 20.2. The Kier molecular flexibility index (Phi) is 2.88. The number of hydrogen-bond acceptors (Lipinski definition) is 4. The summed E-state index contributed by atoms with van der Waals surface area (Å²) in [7, 11) is 0. The van der Waals surface area contributed by atoms with E-state index >= 15 is 0 Å². The van der Waals surface area contributed by atoms with Gasteiger partial charge in [0.15, 0.2) is 12.0 Å². The van der Waals surface area contributed by atoms with Crippen molar-refractivity contribution >= 4 is 12.0 Å². The van der Waals surface area contributed by atoms with E-state index < -0.39 is 27.8 Å². The van der Waals surface area contributed by atoms with E-state index in [-0.39, 0.29) is 11.5 Å². The van der Waals surface area contributed by atoms with Gasteiger partial charge in [0.05, 0.1) is 11.0 Å². The van der Waals surface area contributed by atoms with Gasteiger partial charge in [0.2, 0.25) is 0 Å². The Labute approximate surface area is 98.8 Å². The molecule has 5 nitrogen and oxygen atoms in total. The Hall–Kier alpha value is -2.57. The van der Waals surface area contributed by atoms with Gasteiger partial charge in [0.25, 0.3) is 5.69 Å². The summed E-state index contributed by atoms with van der Waals surface area (Å²) in [6.07, 6.45) is 0.372. The van der Waals surface area contributed by atoms with Crippen molar-refractivity contribution in [2.75, 3.05) is 0 Å². The second kappa shape index (κ2) is 4.36. The second-order valence-corrected chi connectivity index (χ2v) is 3.36. The molecular weight excluding hydrogens is 248 g/mol. The SMILES string of the molecule is O=Cc1ccc(-c2c(F)cc(F)cc2[N+](=O)[O-])o1. The van der Waals surface area contributed by atoms with E-state index in [1.54, 1.807) is 0 Å². The van der Waals surface area contributed by atoms with E-state index in [1.165, 1.54) is 12.1 Å². The van der Waals surface area contributed by atoms with E-state index in [4.69, 9.17) is 4.42 Å². The van der Waals surface area contributed by atoms with Gasteiger partial charge in [-0.05, 0) is 12.1 Å². The third-order valence-corrected chi connectivity index (χ3v) is 2.22. The van der Waals surface area contributed by atoms with E-state index in [2.05, 4.69) is 0 Å². The molecular formula is C11H5F2NO4. The lowest BCUT2D eigenvalue weighted by Crippen LogP contribution is -1.96. The molecule has 0 aliphatic rings. The number of carbonyl (C=O) groups excluding carboxylic acids is 1. The van der Waals surface area contributed by atoms with Crippen LogP contribution in [-0.4, -0.2) is 11.2 Å². The molecule has 0 N–H and O–H groups in total. The van der Waals surface area contributed by atoms with Gasteiger partial charge in [-0.3, -0.25) is 14.9 Å². The number of furan rings is 1. The molecule has 0 saturated heterocycles. The first-order valence-electron chi connectivity index (χ1n) is 4.71. The summed E-state index contributed by atoms with van der Waals surface area (Å²) in [5.74, 6) is -2.51. The Bertz CT molecular complexity index is 636. The second-order valence-electron chi connectivity index (χ2n) is 3.36. The topological polar surface area (TPSA) is 73.3 Å². The van der Waals surface area contributed by atoms with Crippen LogP contribution < -0.4 is 0 Å². The standard InChI is InChI=1S/C11H5F2NO4/c12-6-3-8(13)11(9(4-6)14(16)17)10-2-1-7(5-15)18-10/h1-5H. The predicted octanol–water partition coefficient (Wildman–Crippen LogP) is 2.95. The summed E-state index contributed by atoms with van der Waals surface area (Å²) in [5.41, 5.74) is -1.26. The maximum Gasteiger partial charge on any atom is 0.286 e. The van der Waals surface area contributed by atoms with Gasteiger partial charge in [-0.2, -0.15) is 0 Å². The number of nitrogens with zero attached hydrogens (tertiary/aromatic N) is 1. The van der Waals surface area contributed by atoms with Crippen molar-refractivity contribution in [3.05, 3.63) is 51.8 Å². The van der Waals surface area contributed by atoms with E-state index in [0.717, 1.165) is 0 Å². The molecule has 7 heteroatoms. The monoisotopic (exact) mass is 253 g/mol. The quantitative estimate of drug-likeness (QED) is 0.479. The minimum atomic E-state index is -1.13. The van der Waals surface area contributed by atoms with Gasteiger partial charge < -0.3 is 4.42 Å². The summed E-state index contributed by atoms with van der Waals surface area (Å²) in [5, 5.41) is 10.7. The van der Waals surface area contributed by atoms with Crippen LogP contribution in [0.3, 0.4) is 0 Å². The van der Waals surface area contributed by atoms with Crippen LogP contribution in [-0.2, 0) is 0 Å². The van der Waals surface area contributed by atoms with Crippen molar-refractivity contribution < 1.29 is 22.9 Å². The summed E-state index contributed by atoms with van der Waals surface area (Å²) < 4.78 is 31.4. The molecule has 0 spiro atoms. The van der Waals surface area contributed by atoms with Crippen molar-refractivity contribution in [3.8, 4) is 11.3 Å². The van der Waals surface area contributed by atoms with Crippen LogP contribution in [0.2, 0.25) is 0 Å². The Morgan fingerprint density at radius 2 is 2.00 bits per heavy atom. The Morgan fingerprint density at radius 1 is 1.28 bits per heavy atom. The smallest absolute Gasteiger partial charge is 0.286 e. The Balaban J connectivity index is 2.69. The highest BCUT2D eigenvalue weighted by Crippen LogP contribution is 2.34. The molecule has 18 heavy (non-hydrogen) atoms. The molecule has 1 heterocycles. The zero-order chi connectivity index (χ0) is 13.3. The maximum absolute atomic E-state index is 13.6. The van der Waals surface area contributed by atoms with Crippen LogP contribution in [0, 0.1) is 21.7 Å². The summed E-state index contributed by atoms with van der Waals surface area (Å²) in [6, 6.07) is 3.52. The van der Waals surface area contributed by atoms with E-state index in [9.17, 15) is 23.7 Å². The van der Waals surface area contributed by atoms with Crippen LogP contribution in [0.1, 0.15) is 10.6 Å². The number of nitro groups is 1. The van der Waals surface area contributed by atoms with Gasteiger partial charge >= 0.3 is 0 Å². The highest BCUT2D eigenvalue weighted by Gasteiger charge is 2.24. The van der Waals surface area contributed by atoms with Crippen molar-refractivity contribution in [1.29, 1.82) is 0 Å². The number of hydrogen-bond donors (Lipinski definition) is 0. The molecule has 0 aliphatic heterocycles. The first-order valence-corrected chi connectivity index (χ1v) is 4.71. The van der Waals surface area contributed by atoms with E-state index in [1.807, 2.05) is 0 Å².